The van der Waals surface area contributed by atoms with Crippen molar-refractivity contribution in [1.82, 2.24) is 4.90 Å². The Morgan fingerprint density at radius 3 is 2.05 bits per heavy atom. The van der Waals surface area contributed by atoms with Gasteiger partial charge in [0.15, 0.2) is 5.41 Å². The van der Waals surface area contributed by atoms with Crippen LogP contribution in [0.25, 0.3) is 0 Å². The van der Waals surface area contributed by atoms with Crippen LogP contribution in [0.5, 0.6) is 0 Å². The molecule has 0 aromatic carbocycles. The highest BCUT2D eigenvalue weighted by Gasteiger charge is 2.72. The lowest BCUT2D eigenvalue weighted by molar-refractivity contribution is -0.334. The first-order valence-electron chi connectivity index (χ1n) is 5.57. The Labute approximate surface area is 105 Å². The number of rotatable bonds is 2. The van der Waals surface area contributed by atoms with Gasteiger partial charge < -0.3 is 10.6 Å². The van der Waals surface area contributed by atoms with Gasteiger partial charge in [0.2, 0.25) is 5.91 Å². The highest BCUT2D eigenvalue weighted by molar-refractivity contribution is 5.77. The van der Waals surface area contributed by atoms with Crippen LogP contribution in [0.15, 0.2) is 0 Å². The zero-order valence-corrected chi connectivity index (χ0v) is 10.1. The molecule has 1 aliphatic heterocycles. The minimum Gasteiger partial charge on any atom is -0.341 e. The number of nitrogens with zero attached hydrogens (tertiary/aromatic N) is 1. The maximum absolute atomic E-state index is 12.7. The fourth-order valence-electron chi connectivity index (χ4n) is 2.05. The Bertz CT molecular complexity index is 335. The van der Waals surface area contributed by atoms with Crippen LogP contribution in [0, 0.1) is 5.41 Å². The third-order valence-electron chi connectivity index (χ3n) is 3.20. The van der Waals surface area contributed by atoms with Gasteiger partial charge in [-0.15, -0.1) is 0 Å². The topological polar surface area (TPSA) is 46.3 Å². The van der Waals surface area contributed by atoms with E-state index < -0.39 is 49.2 Å². The van der Waals surface area contributed by atoms with Gasteiger partial charge in [0.05, 0.1) is 0 Å². The summed E-state index contributed by atoms with van der Waals surface area (Å²) in [5, 5.41) is 0. The van der Waals surface area contributed by atoms with E-state index in [-0.39, 0.29) is 6.42 Å². The monoisotopic (exact) mass is 292 g/mol. The molecule has 0 spiro atoms. The number of alkyl halides is 6. The van der Waals surface area contributed by atoms with Gasteiger partial charge in [-0.3, -0.25) is 4.79 Å². The Morgan fingerprint density at radius 1 is 1.26 bits per heavy atom. The van der Waals surface area contributed by atoms with Crippen molar-refractivity contribution in [2.75, 3.05) is 13.1 Å². The number of carbonyl (C=O) groups is 1. The molecule has 0 radical (unpaired) electrons. The van der Waals surface area contributed by atoms with Gasteiger partial charge in [0.1, 0.15) is 0 Å². The molecule has 112 valence electrons. The van der Waals surface area contributed by atoms with Crippen molar-refractivity contribution < 1.29 is 31.1 Å². The smallest absolute Gasteiger partial charge is 0.341 e. The number of halogens is 6. The molecule has 1 rings (SSSR count). The van der Waals surface area contributed by atoms with Crippen LogP contribution in [0.4, 0.5) is 26.3 Å². The van der Waals surface area contributed by atoms with E-state index in [2.05, 4.69) is 0 Å². The number of carbonyl (C=O) groups excluding carboxylic acids is 1. The first-order valence-corrected chi connectivity index (χ1v) is 5.57. The minimum atomic E-state index is -5.44. The van der Waals surface area contributed by atoms with E-state index in [1.54, 1.807) is 0 Å². The summed E-state index contributed by atoms with van der Waals surface area (Å²) in [6.45, 7) is -0.495. The van der Waals surface area contributed by atoms with E-state index in [1.807, 2.05) is 0 Å². The van der Waals surface area contributed by atoms with Crippen LogP contribution in [0.3, 0.4) is 0 Å². The highest BCUT2D eigenvalue weighted by atomic mass is 19.4. The Balaban J connectivity index is 2.94. The molecule has 3 nitrogen and oxygen atoms in total. The standard InChI is InChI=1S/C10H14F6N2O/c1-6(17)4-7(19)18-3-2-8(5-18,9(11,12)13)10(14,15)16/h6H,2-5,17H2,1H3. The summed E-state index contributed by atoms with van der Waals surface area (Å²) in [7, 11) is 0. The summed E-state index contributed by atoms with van der Waals surface area (Å²) in [5.74, 6) is -0.787. The summed E-state index contributed by atoms with van der Waals surface area (Å²) >= 11 is 0. The van der Waals surface area contributed by atoms with Crippen LogP contribution in [-0.4, -0.2) is 42.3 Å². The lowest BCUT2D eigenvalue weighted by Gasteiger charge is -2.33. The molecule has 9 heteroatoms. The zero-order chi connectivity index (χ0) is 15.1. The summed E-state index contributed by atoms with van der Waals surface area (Å²) in [6.07, 6.45) is -12.3. The van der Waals surface area contributed by atoms with Gasteiger partial charge in [-0.1, -0.05) is 0 Å². The van der Waals surface area contributed by atoms with E-state index in [0.29, 0.717) is 4.90 Å². The van der Waals surface area contributed by atoms with Crippen molar-refractivity contribution in [2.45, 2.75) is 38.2 Å². The van der Waals surface area contributed by atoms with Crippen LogP contribution in [0.1, 0.15) is 19.8 Å². The number of likely N-dealkylation sites (tertiary alicyclic amines) is 1. The SMILES string of the molecule is CC(N)CC(=O)N1CCC(C(F)(F)F)(C(F)(F)F)C1. The van der Waals surface area contributed by atoms with Crippen LogP contribution >= 0.6 is 0 Å². The second-order valence-electron chi connectivity index (χ2n) is 4.82. The summed E-state index contributed by atoms with van der Waals surface area (Å²) < 4.78 is 76.4. The van der Waals surface area contributed by atoms with Crippen molar-refractivity contribution in [1.29, 1.82) is 0 Å². The second kappa shape index (κ2) is 4.84. The first-order chi connectivity index (χ1) is 8.41. The van der Waals surface area contributed by atoms with Gasteiger partial charge in [-0.25, -0.2) is 0 Å². The van der Waals surface area contributed by atoms with E-state index in [9.17, 15) is 31.1 Å². The van der Waals surface area contributed by atoms with Crippen LogP contribution < -0.4 is 5.73 Å². The number of hydrogen-bond donors (Lipinski definition) is 1. The predicted molar refractivity (Wildman–Crippen MR) is 54.0 cm³/mol. The maximum Gasteiger partial charge on any atom is 0.404 e. The predicted octanol–water partition coefficient (Wildman–Crippen LogP) is 2.07. The van der Waals surface area contributed by atoms with Gasteiger partial charge in [-0.2, -0.15) is 26.3 Å². The molecule has 0 aromatic heterocycles. The number of hydrogen-bond acceptors (Lipinski definition) is 2. The molecule has 19 heavy (non-hydrogen) atoms. The van der Waals surface area contributed by atoms with Gasteiger partial charge in [-0.05, 0) is 13.3 Å². The van der Waals surface area contributed by atoms with E-state index in [0.717, 1.165) is 0 Å². The number of nitrogens with two attached hydrogens (primary N) is 1. The molecular formula is C10H14F6N2O. The Morgan fingerprint density at radius 2 is 1.74 bits per heavy atom. The van der Waals surface area contributed by atoms with Crippen molar-refractivity contribution in [3.8, 4) is 0 Å². The first kappa shape index (κ1) is 16.1. The normalized spacial score (nSPS) is 21.6. The molecule has 1 amide bonds. The minimum absolute atomic E-state index is 0.272. The zero-order valence-electron chi connectivity index (χ0n) is 10.1. The Kier molecular flexibility index (Phi) is 4.09. The van der Waals surface area contributed by atoms with E-state index in [4.69, 9.17) is 5.73 Å². The van der Waals surface area contributed by atoms with Crippen molar-refractivity contribution >= 4 is 5.91 Å². The fraction of sp³-hybridized carbons (Fsp3) is 0.900. The number of amides is 1. The third-order valence-corrected chi connectivity index (χ3v) is 3.20. The molecule has 1 aliphatic rings. The van der Waals surface area contributed by atoms with Crippen molar-refractivity contribution in [3.05, 3.63) is 0 Å². The van der Waals surface area contributed by atoms with Crippen molar-refractivity contribution in [3.63, 3.8) is 0 Å². The molecule has 1 unspecified atom stereocenters. The lowest BCUT2D eigenvalue weighted by atomic mass is 9.85. The Hall–Kier alpha value is -0.990. The maximum atomic E-state index is 12.7. The van der Waals surface area contributed by atoms with Crippen LogP contribution in [-0.2, 0) is 4.79 Å². The molecule has 0 aromatic rings. The average Bonchev–Trinajstić information content (AvgIpc) is 2.59. The molecule has 1 atom stereocenters. The highest BCUT2D eigenvalue weighted by Crippen LogP contribution is 2.55. The quantitative estimate of drug-likeness (QED) is 0.792. The van der Waals surface area contributed by atoms with Gasteiger partial charge >= 0.3 is 12.4 Å². The van der Waals surface area contributed by atoms with Crippen molar-refractivity contribution in [2.24, 2.45) is 11.1 Å². The molecule has 2 N–H and O–H groups in total. The van der Waals surface area contributed by atoms with Crippen LogP contribution in [0.2, 0.25) is 0 Å². The third kappa shape index (κ3) is 2.96. The summed E-state index contributed by atoms with van der Waals surface area (Å²) in [6, 6.07) is -0.612. The molecular weight excluding hydrogens is 278 g/mol. The molecule has 1 saturated heterocycles. The summed E-state index contributed by atoms with van der Waals surface area (Å²) in [4.78, 5) is 12.1. The molecule has 0 aliphatic carbocycles. The summed E-state index contributed by atoms with van der Waals surface area (Å²) in [5.41, 5.74) is 1.48. The van der Waals surface area contributed by atoms with E-state index in [1.165, 1.54) is 6.92 Å². The van der Waals surface area contributed by atoms with Gasteiger partial charge in [0.25, 0.3) is 0 Å². The molecule has 1 fully saturated rings. The largest absolute Gasteiger partial charge is 0.404 e. The lowest BCUT2D eigenvalue weighted by Crippen LogP contribution is -2.52. The van der Waals surface area contributed by atoms with Gasteiger partial charge in [0, 0.05) is 25.6 Å². The molecule has 0 saturated carbocycles. The average molecular weight is 292 g/mol. The molecule has 0 bridgehead atoms. The second-order valence-corrected chi connectivity index (χ2v) is 4.82. The molecule has 1 heterocycles. The fourth-order valence-corrected chi connectivity index (χ4v) is 2.05. The van der Waals surface area contributed by atoms with E-state index >= 15 is 0 Å².